The number of rotatable bonds is 3. The van der Waals surface area contributed by atoms with Crippen LogP contribution in [0.15, 0.2) is 24.3 Å². The average Bonchev–Trinajstić information content (AvgIpc) is 2.83. The molecular weight excluding hydrogens is 256 g/mol. The summed E-state index contributed by atoms with van der Waals surface area (Å²) in [5, 5.41) is 4.40. The number of hydrogen-bond donors (Lipinski definition) is 1. The fourth-order valence-electron chi connectivity index (χ4n) is 2.49. The van der Waals surface area contributed by atoms with E-state index in [1.807, 2.05) is 12.1 Å². The molecule has 1 aliphatic carbocycles. The van der Waals surface area contributed by atoms with E-state index in [1.54, 1.807) is 18.4 Å². The van der Waals surface area contributed by atoms with Gasteiger partial charge in [0.05, 0.1) is 16.7 Å². The lowest BCUT2D eigenvalue weighted by Gasteiger charge is -2.18. The maximum Gasteiger partial charge on any atom is 0.187 e. The van der Waals surface area contributed by atoms with Crippen LogP contribution in [0.1, 0.15) is 35.1 Å². The highest BCUT2D eigenvalue weighted by Gasteiger charge is 2.24. The van der Waals surface area contributed by atoms with Gasteiger partial charge in [-0.15, -0.1) is 0 Å². The van der Waals surface area contributed by atoms with Gasteiger partial charge < -0.3 is 10.1 Å². The van der Waals surface area contributed by atoms with Crippen molar-refractivity contribution in [3.63, 3.8) is 0 Å². The predicted molar refractivity (Wildman–Crippen MR) is 79.3 cm³/mol. The Morgan fingerprint density at radius 3 is 3.00 bits per heavy atom. The van der Waals surface area contributed by atoms with Gasteiger partial charge in [0.1, 0.15) is 0 Å². The molecule has 100 valence electrons. The molecule has 1 N–H and O–H groups in total. The maximum absolute atomic E-state index is 5.55. The summed E-state index contributed by atoms with van der Waals surface area (Å²) in [4.78, 5) is 6.01. The number of nitrogens with one attached hydrogen (secondary N) is 1. The van der Waals surface area contributed by atoms with Crippen molar-refractivity contribution in [3.05, 3.63) is 40.4 Å². The van der Waals surface area contributed by atoms with Crippen LogP contribution in [0.4, 0.5) is 10.8 Å². The fourth-order valence-corrected chi connectivity index (χ4v) is 3.62. The zero-order chi connectivity index (χ0) is 13.2. The van der Waals surface area contributed by atoms with E-state index in [0.29, 0.717) is 0 Å². The molecular formula is C15H18N2OS. The summed E-state index contributed by atoms with van der Waals surface area (Å²) >= 11 is 1.72. The highest BCUT2D eigenvalue weighted by atomic mass is 32.1. The van der Waals surface area contributed by atoms with Crippen LogP contribution in [0, 0.1) is 6.92 Å². The molecule has 0 fully saturated rings. The van der Waals surface area contributed by atoms with Crippen LogP contribution in [0.5, 0.6) is 0 Å². The summed E-state index contributed by atoms with van der Waals surface area (Å²) in [5.41, 5.74) is 3.57. The second-order valence-electron chi connectivity index (χ2n) is 4.89. The normalized spacial score (nSPS) is 18.1. The number of benzene rings is 1. The molecule has 0 bridgehead atoms. The number of fused-ring (bicyclic) bond motifs is 1. The van der Waals surface area contributed by atoms with Crippen LogP contribution in [-0.2, 0) is 11.2 Å². The molecule has 19 heavy (non-hydrogen) atoms. The molecule has 1 unspecified atom stereocenters. The third-order valence-electron chi connectivity index (χ3n) is 3.57. The van der Waals surface area contributed by atoms with Crippen molar-refractivity contribution in [1.29, 1.82) is 0 Å². The van der Waals surface area contributed by atoms with E-state index < -0.39 is 0 Å². The van der Waals surface area contributed by atoms with Gasteiger partial charge in [0, 0.05) is 12.8 Å². The number of hydrogen-bond acceptors (Lipinski definition) is 4. The summed E-state index contributed by atoms with van der Waals surface area (Å²) in [6, 6.07) is 8.28. The molecule has 0 spiro atoms. The number of para-hydroxylation sites is 1. The second-order valence-corrected chi connectivity index (χ2v) is 5.92. The van der Waals surface area contributed by atoms with Gasteiger partial charge in [-0.1, -0.05) is 29.5 Å². The highest BCUT2D eigenvalue weighted by molar-refractivity contribution is 7.15. The third-order valence-corrected chi connectivity index (χ3v) is 4.68. The van der Waals surface area contributed by atoms with Gasteiger partial charge in [-0.2, -0.15) is 0 Å². The largest absolute Gasteiger partial charge is 0.376 e. The summed E-state index contributed by atoms with van der Waals surface area (Å²) in [6.45, 7) is 2.10. The molecule has 4 heteroatoms. The Labute approximate surface area is 117 Å². The molecule has 1 heterocycles. The average molecular weight is 274 g/mol. The SMILES string of the molecule is COC1CCCc2nc(Nc3ccccc3C)sc21. The van der Waals surface area contributed by atoms with Crippen molar-refractivity contribution in [2.24, 2.45) is 0 Å². The van der Waals surface area contributed by atoms with E-state index in [2.05, 4.69) is 24.4 Å². The monoisotopic (exact) mass is 274 g/mol. The number of methoxy groups -OCH3 is 1. The molecule has 0 saturated heterocycles. The van der Waals surface area contributed by atoms with Gasteiger partial charge >= 0.3 is 0 Å². The molecule has 2 aromatic rings. The number of thiazole rings is 1. The standard InChI is InChI=1S/C15H18N2OS/c1-10-6-3-4-7-11(10)16-15-17-12-8-5-9-13(18-2)14(12)19-15/h3-4,6-7,13H,5,8-9H2,1-2H3,(H,16,17). The quantitative estimate of drug-likeness (QED) is 0.910. The molecule has 3 nitrogen and oxygen atoms in total. The summed E-state index contributed by atoms with van der Waals surface area (Å²) in [5.74, 6) is 0. The molecule has 0 amide bonds. The van der Waals surface area contributed by atoms with Gasteiger partial charge in [-0.25, -0.2) is 4.98 Å². The number of anilines is 2. The lowest BCUT2D eigenvalue weighted by atomic mass is 10.0. The minimum absolute atomic E-state index is 0.230. The van der Waals surface area contributed by atoms with Crippen molar-refractivity contribution < 1.29 is 4.74 Å². The van der Waals surface area contributed by atoms with Crippen molar-refractivity contribution in [1.82, 2.24) is 4.98 Å². The number of nitrogens with zero attached hydrogens (tertiary/aromatic N) is 1. The first-order valence-electron chi connectivity index (χ1n) is 6.63. The van der Waals surface area contributed by atoms with Crippen molar-refractivity contribution in [3.8, 4) is 0 Å². The smallest absolute Gasteiger partial charge is 0.187 e. The molecule has 3 rings (SSSR count). The van der Waals surface area contributed by atoms with E-state index in [4.69, 9.17) is 9.72 Å². The maximum atomic E-state index is 5.55. The topological polar surface area (TPSA) is 34.1 Å². The number of aromatic nitrogens is 1. The first-order chi connectivity index (χ1) is 9.28. The van der Waals surface area contributed by atoms with E-state index in [-0.39, 0.29) is 6.10 Å². The minimum atomic E-state index is 0.230. The van der Waals surface area contributed by atoms with Crippen molar-refractivity contribution in [2.75, 3.05) is 12.4 Å². The molecule has 0 aliphatic heterocycles. The summed E-state index contributed by atoms with van der Waals surface area (Å²) in [7, 11) is 1.79. The van der Waals surface area contributed by atoms with Crippen LogP contribution in [0.2, 0.25) is 0 Å². The van der Waals surface area contributed by atoms with Gasteiger partial charge in [-0.05, 0) is 37.8 Å². The van der Waals surface area contributed by atoms with E-state index in [0.717, 1.165) is 23.7 Å². The van der Waals surface area contributed by atoms with E-state index >= 15 is 0 Å². The van der Waals surface area contributed by atoms with Gasteiger partial charge in [0.15, 0.2) is 5.13 Å². The molecule has 1 aromatic heterocycles. The van der Waals surface area contributed by atoms with Gasteiger partial charge in [0.25, 0.3) is 0 Å². The lowest BCUT2D eigenvalue weighted by molar-refractivity contribution is 0.0908. The van der Waals surface area contributed by atoms with Crippen LogP contribution in [0.25, 0.3) is 0 Å². The van der Waals surface area contributed by atoms with Crippen LogP contribution >= 0.6 is 11.3 Å². The molecule has 1 aliphatic rings. The lowest BCUT2D eigenvalue weighted by Crippen LogP contribution is -2.08. The van der Waals surface area contributed by atoms with Crippen molar-refractivity contribution in [2.45, 2.75) is 32.3 Å². The van der Waals surface area contributed by atoms with E-state index in [1.165, 1.54) is 22.6 Å². The predicted octanol–water partition coefficient (Wildman–Crippen LogP) is 4.22. The minimum Gasteiger partial charge on any atom is -0.376 e. The van der Waals surface area contributed by atoms with Crippen LogP contribution in [-0.4, -0.2) is 12.1 Å². The number of ether oxygens (including phenoxy) is 1. The second kappa shape index (κ2) is 5.31. The Hall–Kier alpha value is -1.39. The van der Waals surface area contributed by atoms with Gasteiger partial charge in [0.2, 0.25) is 0 Å². The first-order valence-corrected chi connectivity index (χ1v) is 7.44. The Morgan fingerprint density at radius 1 is 1.37 bits per heavy atom. The molecule has 0 radical (unpaired) electrons. The Bertz CT molecular complexity index is 579. The highest BCUT2D eigenvalue weighted by Crippen LogP contribution is 2.38. The zero-order valence-corrected chi connectivity index (χ0v) is 12.1. The van der Waals surface area contributed by atoms with Crippen LogP contribution in [0.3, 0.4) is 0 Å². The molecule has 0 saturated carbocycles. The third kappa shape index (κ3) is 2.51. The zero-order valence-electron chi connectivity index (χ0n) is 11.3. The Balaban J connectivity index is 1.87. The van der Waals surface area contributed by atoms with Crippen molar-refractivity contribution >= 4 is 22.2 Å². The first kappa shape index (κ1) is 12.6. The fraction of sp³-hybridized carbons (Fsp3) is 0.400. The Kier molecular flexibility index (Phi) is 3.53. The van der Waals surface area contributed by atoms with Crippen LogP contribution < -0.4 is 5.32 Å². The summed E-state index contributed by atoms with van der Waals surface area (Å²) in [6.07, 6.45) is 3.57. The Morgan fingerprint density at radius 2 is 2.21 bits per heavy atom. The van der Waals surface area contributed by atoms with Gasteiger partial charge in [-0.3, -0.25) is 0 Å². The molecule has 1 atom stereocenters. The van der Waals surface area contributed by atoms with E-state index in [9.17, 15) is 0 Å². The summed E-state index contributed by atoms with van der Waals surface area (Å²) < 4.78 is 5.55. The number of aryl methyl sites for hydroxylation is 2. The molecule has 1 aromatic carbocycles.